The summed E-state index contributed by atoms with van der Waals surface area (Å²) in [5.74, 6) is 0.994. The van der Waals surface area contributed by atoms with Gasteiger partial charge in [0.25, 0.3) is 0 Å². The number of aromatic nitrogens is 2. The van der Waals surface area contributed by atoms with Crippen LogP contribution in [0.3, 0.4) is 0 Å². The van der Waals surface area contributed by atoms with Crippen molar-refractivity contribution in [1.82, 2.24) is 10.2 Å². The molecule has 0 aromatic carbocycles. The standard InChI is InChI=1S/C7H11N3O3S/c1-5-9-10-7(13-5)8-6(12)4-14-3-2-11/h11H,2-4H2,1H3,(H,8,10,12). The lowest BCUT2D eigenvalue weighted by molar-refractivity contribution is -0.113. The maximum atomic E-state index is 11.2. The average molecular weight is 217 g/mol. The Morgan fingerprint density at radius 1 is 1.64 bits per heavy atom. The topological polar surface area (TPSA) is 88.2 Å². The monoisotopic (exact) mass is 217 g/mol. The molecule has 0 bridgehead atoms. The molecule has 7 heteroatoms. The fourth-order valence-electron chi connectivity index (χ4n) is 0.732. The Balaban J connectivity index is 2.27. The number of aryl methyl sites for hydroxylation is 1. The zero-order chi connectivity index (χ0) is 10.4. The van der Waals surface area contributed by atoms with E-state index in [4.69, 9.17) is 9.52 Å². The van der Waals surface area contributed by atoms with Gasteiger partial charge in [0.15, 0.2) is 0 Å². The van der Waals surface area contributed by atoms with Crippen LogP contribution in [0.5, 0.6) is 0 Å². The van der Waals surface area contributed by atoms with Crippen LogP contribution in [0, 0.1) is 6.92 Å². The highest BCUT2D eigenvalue weighted by molar-refractivity contribution is 7.99. The molecule has 0 aliphatic rings. The zero-order valence-corrected chi connectivity index (χ0v) is 8.50. The summed E-state index contributed by atoms with van der Waals surface area (Å²) in [6.07, 6.45) is 0. The third-order valence-corrected chi connectivity index (χ3v) is 2.18. The van der Waals surface area contributed by atoms with Crippen LogP contribution < -0.4 is 5.32 Å². The van der Waals surface area contributed by atoms with Crippen molar-refractivity contribution in [3.63, 3.8) is 0 Å². The summed E-state index contributed by atoms with van der Waals surface area (Å²) in [4.78, 5) is 11.2. The van der Waals surface area contributed by atoms with Crippen molar-refractivity contribution in [2.24, 2.45) is 0 Å². The summed E-state index contributed by atoms with van der Waals surface area (Å²) in [5, 5.41) is 18.1. The predicted octanol–water partition coefficient (Wildman–Crippen LogP) is 0.0420. The number of hydrogen-bond acceptors (Lipinski definition) is 6. The summed E-state index contributed by atoms with van der Waals surface area (Å²) >= 11 is 1.34. The Kier molecular flexibility index (Phi) is 4.41. The molecule has 1 aromatic rings. The summed E-state index contributed by atoms with van der Waals surface area (Å²) in [6.45, 7) is 1.71. The third-order valence-electron chi connectivity index (χ3n) is 1.24. The highest BCUT2D eigenvalue weighted by atomic mass is 32.2. The van der Waals surface area contributed by atoms with E-state index in [1.807, 2.05) is 0 Å². The molecule has 0 aliphatic heterocycles. The first-order valence-corrected chi connectivity index (χ1v) is 5.16. The van der Waals surface area contributed by atoms with Gasteiger partial charge in [0, 0.05) is 12.7 Å². The average Bonchev–Trinajstić information content (AvgIpc) is 2.52. The van der Waals surface area contributed by atoms with Crippen LogP contribution in [-0.4, -0.2) is 39.3 Å². The van der Waals surface area contributed by atoms with Crippen molar-refractivity contribution in [3.8, 4) is 0 Å². The maximum Gasteiger partial charge on any atom is 0.322 e. The third kappa shape index (κ3) is 3.75. The number of aliphatic hydroxyl groups excluding tert-OH is 1. The Morgan fingerprint density at radius 2 is 2.43 bits per heavy atom. The fraction of sp³-hybridized carbons (Fsp3) is 0.571. The molecule has 6 nitrogen and oxygen atoms in total. The fourth-order valence-corrected chi connectivity index (χ4v) is 1.26. The van der Waals surface area contributed by atoms with E-state index < -0.39 is 0 Å². The van der Waals surface area contributed by atoms with Crippen LogP contribution in [0.2, 0.25) is 0 Å². The maximum absolute atomic E-state index is 11.2. The Bertz CT molecular complexity index is 302. The first-order chi connectivity index (χ1) is 6.72. The van der Waals surface area contributed by atoms with E-state index in [1.54, 1.807) is 6.92 Å². The number of carbonyl (C=O) groups excluding carboxylic acids is 1. The van der Waals surface area contributed by atoms with Gasteiger partial charge in [0.05, 0.1) is 12.4 Å². The van der Waals surface area contributed by atoms with E-state index >= 15 is 0 Å². The van der Waals surface area contributed by atoms with Gasteiger partial charge in [-0.3, -0.25) is 10.1 Å². The van der Waals surface area contributed by atoms with Crippen LogP contribution in [0.4, 0.5) is 6.01 Å². The van der Waals surface area contributed by atoms with E-state index in [0.717, 1.165) is 0 Å². The van der Waals surface area contributed by atoms with Gasteiger partial charge < -0.3 is 9.52 Å². The molecular formula is C7H11N3O3S. The Hall–Kier alpha value is -1.08. The molecule has 14 heavy (non-hydrogen) atoms. The molecule has 0 fully saturated rings. The molecule has 0 aliphatic carbocycles. The molecule has 1 rings (SSSR count). The van der Waals surface area contributed by atoms with Gasteiger partial charge in [-0.05, 0) is 0 Å². The van der Waals surface area contributed by atoms with E-state index in [9.17, 15) is 4.79 Å². The van der Waals surface area contributed by atoms with E-state index in [1.165, 1.54) is 11.8 Å². The number of carbonyl (C=O) groups is 1. The molecule has 2 N–H and O–H groups in total. The van der Waals surface area contributed by atoms with Gasteiger partial charge in [-0.1, -0.05) is 5.10 Å². The molecule has 0 saturated carbocycles. The number of nitrogens with zero attached hydrogens (tertiary/aromatic N) is 2. The molecule has 0 saturated heterocycles. The number of amides is 1. The first kappa shape index (κ1) is 11.0. The van der Waals surface area contributed by atoms with Gasteiger partial charge in [0.2, 0.25) is 11.8 Å². The van der Waals surface area contributed by atoms with Gasteiger partial charge in [-0.2, -0.15) is 0 Å². The Morgan fingerprint density at radius 3 is 3.00 bits per heavy atom. The van der Waals surface area contributed by atoms with Crippen LogP contribution >= 0.6 is 11.8 Å². The van der Waals surface area contributed by atoms with Crippen molar-refractivity contribution in [2.75, 3.05) is 23.4 Å². The number of nitrogens with one attached hydrogen (secondary N) is 1. The lowest BCUT2D eigenvalue weighted by Crippen LogP contribution is -2.14. The molecule has 0 spiro atoms. The molecule has 0 radical (unpaired) electrons. The van der Waals surface area contributed by atoms with E-state index in [2.05, 4.69) is 15.5 Å². The molecule has 1 amide bonds. The Labute approximate surface area is 85.1 Å². The summed E-state index contributed by atoms with van der Waals surface area (Å²) in [5.41, 5.74) is 0. The van der Waals surface area contributed by atoms with E-state index in [-0.39, 0.29) is 24.3 Å². The summed E-state index contributed by atoms with van der Waals surface area (Å²) in [6, 6.07) is 0.108. The molecule has 78 valence electrons. The second-order valence-electron chi connectivity index (χ2n) is 2.45. The highest BCUT2D eigenvalue weighted by Gasteiger charge is 2.06. The smallest absolute Gasteiger partial charge is 0.322 e. The second-order valence-corrected chi connectivity index (χ2v) is 3.56. The van der Waals surface area contributed by atoms with Crippen LogP contribution in [0.25, 0.3) is 0 Å². The molecule has 1 aromatic heterocycles. The lowest BCUT2D eigenvalue weighted by Gasteiger charge is -1.98. The first-order valence-electron chi connectivity index (χ1n) is 4.01. The molecular weight excluding hydrogens is 206 g/mol. The molecule has 0 unspecified atom stereocenters. The normalized spacial score (nSPS) is 10.1. The number of rotatable bonds is 5. The SMILES string of the molecule is Cc1nnc(NC(=O)CSCCO)o1. The van der Waals surface area contributed by atoms with Gasteiger partial charge in [-0.25, -0.2) is 0 Å². The minimum atomic E-state index is -0.216. The van der Waals surface area contributed by atoms with Crippen molar-refractivity contribution in [1.29, 1.82) is 0 Å². The molecule has 1 heterocycles. The second kappa shape index (κ2) is 5.61. The number of thioether (sulfide) groups is 1. The quantitative estimate of drug-likeness (QED) is 0.677. The number of aliphatic hydroxyl groups is 1. The number of anilines is 1. The van der Waals surface area contributed by atoms with Gasteiger partial charge in [0.1, 0.15) is 0 Å². The van der Waals surface area contributed by atoms with Gasteiger partial charge >= 0.3 is 6.01 Å². The largest absolute Gasteiger partial charge is 0.408 e. The minimum absolute atomic E-state index is 0.0671. The van der Waals surface area contributed by atoms with Gasteiger partial charge in [-0.15, -0.1) is 16.9 Å². The highest BCUT2D eigenvalue weighted by Crippen LogP contribution is 2.05. The van der Waals surface area contributed by atoms with Crippen LogP contribution in [0.1, 0.15) is 5.89 Å². The van der Waals surface area contributed by atoms with Crippen molar-refractivity contribution in [3.05, 3.63) is 5.89 Å². The lowest BCUT2D eigenvalue weighted by atomic mass is 10.7. The summed E-state index contributed by atoms with van der Waals surface area (Å²) < 4.78 is 4.95. The van der Waals surface area contributed by atoms with Crippen molar-refractivity contribution >= 4 is 23.7 Å². The van der Waals surface area contributed by atoms with Crippen LogP contribution in [-0.2, 0) is 4.79 Å². The summed E-state index contributed by atoms with van der Waals surface area (Å²) in [7, 11) is 0. The van der Waals surface area contributed by atoms with Crippen molar-refractivity contribution < 1.29 is 14.3 Å². The molecule has 0 atom stereocenters. The number of hydrogen-bond donors (Lipinski definition) is 2. The van der Waals surface area contributed by atoms with E-state index in [0.29, 0.717) is 11.6 Å². The minimum Gasteiger partial charge on any atom is -0.408 e. The zero-order valence-electron chi connectivity index (χ0n) is 7.69. The predicted molar refractivity (Wildman–Crippen MR) is 52.1 cm³/mol. The van der Waals surface area contributed by atoms with Crippen molar-refractivity contribution in [2.45, 2.75) is 6.92 Å². The van der Waals surface area contributed by atoms with Crippen LogP contribution in [0.15, 0.2) is 4.42 Å².